The van der Waals surface area contributed by atoms with Crippen LogP contribution in [-0.4, -0.2) is 16.1 Å². The van der Waals surface area contributed by atoms with Gasteiger partial charge in [-0.2, -0.15) is 10.4 Å². The van der Waals surface area contributed by atoms with Crippen molar-refractivity contribution in [2.75, 3.05) is 5.32 Å². The van der Waals surface area contributed by atoms with Gasteiger partial charge in [-0.25, -0.2) is 4.39 Å². The van der Waals surface area contributed by atoms with E-state index in [9.17, 15) is 9.18 Å². The van der Waals surface area contributed by atoms with Crippen molar-refractivity contribution in [3.63, 3.8) is 0 Å². The predicted octanol–water partition coefficient (Wildman–Crippen LogP) is 2.44. The minimum absolute atomic E-state index is 0.122. The first-order chi connectivity index (χ1) is 8.61. The molecule has 0 aliphatic carbocycles. The Morgan fingerprint density at radius 1 is 1.56 bits per heavy atom. The van der Waals surface area contributed by atoms with Crippen molar-refractivity contribution < 1.29 is 9.18 Å². The van der Waals surface area contributed by atoms with Crippen LogP contribution < -0.4 is 5.32 Å². The molecule has 5 nitrogen and oxygen atoms in total. The first-order valence-corrected chi connectivity index (χ1v) is 5.61. The molecule has 0 unspecified atom stereocenters. The summed E-state index contributed by atoms with van der Waals surface area (Å²) in [6.07, 6.45) is 1.27. The molecule has 0 spiro atoms. The predicted molar refractivity (Wildman–Crippen MR) is 65.4 cm³/mol. The highest BCUT2D eigenvalue weighted by Crippen LogP contribution is 2.17. The van der Waals surface area contributed by atoms with Gasteiger partial charge in [0, 0.05) is 4.47 Å². The molecule has 1 aromatic carbocycles. The minimum atomic E-state index is -0.658. The molecule has 1 amide bonds. The lowest BCUT2D eigenvalue weighted by molar-refractivity contribution is 0.102. The van der Waals surface area contributed by atoms with Gasteiger partial charge in [-0.3, -0.25) is 9.89 Å². The number of hydrogen-bond acceptors (Lipinski definition) is 3. The molecule has 2 aromatic rings. The number of nitrogens with one attached hydrogen (secondary N) is 2. The Hall–Kier alpha value is -2.20. The van der Waals surface area contributed by atoms with Gasteiger partial charge in [-0.15, -0.1) is 0 Å². The lowest BCUT2D eigenvalue weighted by Gasteiger charge is -2.04. The van der Waals surface area contributed by atoms with E-state index < -0.39 is 11.7 Å². The molecule has 0 saturated heterocycles. The second-order valence-electron chi connectivity index (χ2n) is 3.35. The largest absolute Gasteiger partial charge is 0.306 e. The van der Waals surface area contributed by atoms with Crippen LogP contribution in [0.1, 0.15) is 15.9 Å². The molecular formula is C11H6BrFN4O. The van der Waals surface area contributed by atoms with Gasteiger partial charge in [-0.05, 0) is 18.2 Å². The monoisotopic (exact) mass is 308 g/mol. The lowest BCUT2D eigenvalue weighted by atomic mass is 10.2. The van der Waals surface area contributed by atoms with E-state index in [1.54, 1.807) is 0 Å². The molecule has 1 heterocycles. The van der Waals surface area contributed by atoms with Gasteiger partial charge in [0.1, 0.15) is 23.3 Å². The zero-order valence-corrected chi connectivity index (χ0v) is 10.5. The highest BCUT2D eigenvalue weighted by atomic mass is 79.9. The number of nitrogens with zero attached hydrogens (tertiary/aromatic N) is 2. The van der Waals surface area contributed by atoms with Crippen LogP contribution in [0.2, 0.25) is 0 Å². The van der Waals surface area contributed by atoms with Crippen LogP contribution >= 0.6 is 15.9 Å². The summed E-state index contributed by atoms with van der Waals surface area (Å²) in [5.74, 6) is -1.16. The first-order valence-electron chi connectivity index (χ1n) is 4.81. The van der Waals surface area contributed by atoms with Gasteiger partial charge >= 0.3 is 0 Å². The number of nitriles is 1. The quantitative estimate of drug-likeness (QED) is 0.894. The Kier molecular flexibility index (Phi) is 3.39. The number of hydrogen-bond donors (Lipinski definition) is 2. The minimum Gasteiger partial charge on any atom is -0.306 e. The number of carbonyl (C=O) groups is 1. The van der Waals surface area contributed by atoms with Crippen molar-refractivity contribution in [1.29, 1.82) is 5.26 Å². The van der Waals surface area contributed by atoms with Gasteiger partial charge in [-0.1, -0.05) is 15.9 Å². The molecule has 0 aliphatic rings. The Balaban J connectivity index is 2.28. The molecule has 7 heteroatoms. The Morgan fingerprint density at radius 2 is 2.33 bits per heavy atom. The molecule has 1 aromatic heterocycles. The van der Waals surface area contributed by atoms with Gasteiger partial charge in [0.05, 0.1) is 11.8 Å². The number of carbonyl (C=O) groups excluding carboxylic acids is 1. The second kappa shape index (κ2) is 4.98. The molecule has 0 saturated carbocycles. The summed E-state index contributed by atoms with van der Waals surface area (Å²) in [7, 11) is 0. The fourth-order valence-corrected chi connectivity index (χ4v) is 1.68. The molecule has 0 fully saturated rings. The Labute approximate surface area is 110 Å². The molecule has 0 atom stereocenters. The van der Waals surface area contributed by atoms with Crippen LogP contribution in [0.15, 0.2) is 28.9 Å². The van der Waals surface area contributed by atoms with E-state index in [0.29, 0.717) is 4.47 Å². The van der Waals surface area contributed by atoms with E-state index in [0.717, 1.165) is 0 Å². The topological polar surface area (TPSA) is 81.6 Å². The molecule has 90 valence electrons. The summed E-state index contributed by atoms with van der Waals surface area (Å²) in [4.78, 5) is 11.8. The second-order valence-corrected chi connectivity index (χ2v) is 4.26. The Morgan fingerprint density at radius 3 is 3.06 bits per heavy atom. The van der Waals surface area contributed by atoms with E-state index in [1.165, 1.54) is 24.4 Å². The number of aromatic nitrogens is 2. The SMILES string of the molecule is N#Cc1cn[nH]c1NC(=O)c1cc(Br)ccc1F. The maximum Gasteiger partial charge on any atom is 0.259 e. The van der Waals surface area contributed by atoms with Crippen LogP contribution in [0.25, 0.3) is 0 Å². The number of H-pyrrole nitrogens is 1. The fraction of sp³-hybridized carbons (Fsp3) is 0. The number of rotatable bonds is 2. The van der Waals surface area contributed by atoms with E-state index in [4.69, 9.17) is 5.26 Å². The van der Waals surface area contributed by atoms with Crippen molar-refractivity contribution in [2.24, 2.45) is 0 Å². The van der Waals surface area contributed by atoms with Crippen LogP contribution in [0.5, 0.6) is 0 Å². The van der Waals surface area contributed by atoms with E-state index in [1.807, 2.05) is 6.07 Å². The van der Waals surface area contributed by atoms with E-state index in [2.05, 4.69) is 31.4 Å². The van der Waals surface area contributed by atoms with Crippen molar-refractivity contribution in [1.82, 2.24) is 10.2 Å². The van der Waals surface area contributed by atoms with Gasteiger partial charge in [0.15, 0.2) is 0 Å². The van der Waals surface area contributed by atoms with Gasteiger partial charge in [0.25, 0.3) is 5.91 Å². The molecule has 2 N–H and O–H groups in total. The normalized spacial score (nSPS) is 9.83. The maximum absolute atomic E-state index is 13.5. The number of anilines is 1. The molecular weight excluding hydrogens is 303 g/mol. The zero-order valence-electron chi connectivity index (χ0n) is 8.87. The van der Waals surface area contributed by atoms with Gasteiger partial charge in [0.2, 0.25) is 0 Å². The molecule has 0 radical (unpaired) electrons. The summed E-state index contributed by atoms with van der Waals surface area (Å²) < 4.78 is 14.0. The third kappa shape index (κ3) is 2.38. The average Bonchev–Trinajstić information content (AvgIpc) is 2.79. The Bertz CT molecular complexity index is 647. The lowest BCUT2D eigenvalue weighted by Crippen LogP contribution is -2.14. The van der Waals surface area contributed by atoms with Crippen LogP contribution in [0, 0.1) is 17.1 Å². The highest BCUT2D eigenvalue weighted by Gasteiger charge is 2.14. The third-order valence-corrected chi connectivity index (χ3v) is 2.66. The summed E-state index contributed by atoms with van der Waals surface area (Å²) >= 11 is 3.15. The van der Waals surface area contributed by atoms with Crippen LogP contribution in [0.4, 0.5) is 10.2 Å². The fourth-order valence-electron chi connectivity index (χ4n) is 1.32. The number of aromatic amines is 1. The van der Waals surface area contributed by atoms with Crippen molar-refractivity contribution >= 4 is 27.7 Å². The summed E-state index contributed by atoms with van der Waals surface area (Å²) in [6.45, 7) is 0. The average molecular weight is 309 g/mol. The smallest absolute Gasteiger partial charge is 0.259 e. The summed E-state index contributed by atoms with van der Waals surface area (Å²) in [6, 6.07) is 5.87. The standard InChI is InChI=1S/C11H6BrFN4O/c12-7-1-2-9(13)8(3-7)11(18)16-10-6(4-14)5-15-17-10/h1-3,5H,(H2,15,16,17,18). The highest BCUT2D eigenvalue weighted by molar-refractivity contribution is 9.10. The number of benzene rings is 1. The summed E-state index contributed by atoms with van der Waals surface area (Å²) in [5.41, 5.74) is 0.0571. The molecule has 0 aliphatic heterocycles. The van der Waals surface area contributed by atoms with Crippen molar-refractivity contribution in [3.05, 3.63) is 45.8 Å². The van der Waals surface area contributed by atoms with E-state index >= 15 is 0 Å². The van der Waals surface area contributed by atoms with Gasteiger partial charge < -0.3 is 5.32 Å². The van der Waals surface area contributed by atoms with Crippen molar-refractivity contribution in [3.8, 4) is 6.07 Å². The maximum atomic E-state index is 13.5. The molecule has 2 rings (SSSR count). The van der Waals surface area contributed by atoms with E-state index in [-0.39, 0.29) is 16.9 Å². The summed E-state index contributed by atoms with van der Waals surface area (Å²) in [5, 5.41) is 17.2. The zero-order chi connectivity index (χ0) is 13.1. The number of halogens is 2. The van der Waals surface area contributed by atoms with Crippen LogP contribution in [0.3, 0.4) is 0 Å². The first kappa shape index (κ1) is 12.3. The molecule has 0 bridgehead atoms. The van der Waals surface area contributed by atoms with Crippen LogP contribution in [-0.2, 0) is 0 Å². The number of amides is 1. The van der Waals surface area contributed by atoms with Crippen molar-refractivity contribution in [2.45, 2.75) is 0 Å². The third-order valence-electron chi connectivity index (χ3n) is 2.17. The molecule has 18 heavy (non-hydrogen) atoms.